The van der Waals surface area contributed by atoms with Crippen LogP contribution >= 0.6 is 15.9 Å². The van der Waals surface area contributed by atoms with E-state index in [-0.39, 0.29) is 6.61 Å². The van der Waals surface area contributed by atoms with Gasteiger partial charge in [-0.3, -0.25) is 0 Å². The van der Waals surface area contributed by atoms with Gasteiger partial charge < -0.3 is 9.84 Å². The predicted molar refractivity (Wildman–Crippen MR) is 71.2 cm³/mol. The molecule has 0 saturated carbocycles. The average molecular weight is 309 g/mol. The Morgan fingerprint density at radius 1 is 1.28 bits per heavy atom. The zero-order valence-electron chi connectivity index (χ0n) is 9.93. The van der Waals surface area contributed by atoms with Crippen LogP contribution in [0, 0.1) is 6.92 Å². The molecular formula is C13H13BrN2O2. The Labute approximate surface area is 114 Å². The number of aromatic nitrogens is 2. The first-order chi connectivity index (χ1) is 8.67. The molecule has 0 atom stereocenters. The van der Waals surface area contributed by atoms with E-state index in [2.05, 4.69) is 25.9 Å². The van der Waals surface area contributed by atoms with Crippen molar-refractivity contribution in [3.8, 4) is 6.01 Å². The van der Waals surface area contributed by atoms with E-state index < -0.39 is 0 Å². The summed E-state index contributed by atoms with van der Waals surface area (Å²) in [4.78, 5) is 8.26. The molecule has 0 fully saturated rings. The number of halogens is 1. The van der Waals surface area contributed by atoms with Crippen LogP contribution in [0.2, 0.25) is 0 Å². The summed E-state index contributed by atoms with van der Waals surface area (Å²) in [6.07, 6.45) is 0. The number of aryl methyl sites for hydroxylation is 1. The van der Waals surface area contributed by atoms with Gasteiger partial charge >= 0.3 is 6.01 Å². The topological polar surface area (TPSA) is 55.2 Å². The minimum Gasteiger partial charge on any atom is -0.459 e. The maximum absolute atomic E-state index is 9.06. The summed E-state index contributed by atoms with van der Waals surface area (Å²) in [6.45, 7) is 2.12. The smallest absolute Gasteiger partial charge is 0.317 e. The number of benzene rings is 1. The van der Waals surface area contributed by atoms with Gasteiger partial charge in [-0.2, -0.15) is 4.98 Å². The van der Waals surface area contributed by atoms with E-state index in [0.29, 0.717) is 18.3 Å². The lowest BCUT2D eigenvalue weighted by atomic mass is 10.2. The van der Waals surface area contributed by atoms with E-state index in [4.69, 9.17) is 9.84 Å². The third kappa shape index (κ3) is 3.51. The summed E-state index contributed by atoms with van der Waals surface area (Å²) in [6, 6.07) is 9.86. The molecule has 1 aromatic heterocycles. The molecule has 0 radical (unpaired) electrons. The highest BCUT2D eigenvalue weighted by Crippen LogP contribution is 2.14. The fourth-order valence-corrected chi connectivity index (χ4v) is 1.97. The van der Waals surface area contributed by atoms with Crippen molar-refractivity contribution < 1.29 is 9.84 Å². The molecular weight excluding hydrogens is 296 g/mol. The van der Waals surface area contributed by atoms with Crippen LogP contribution in [-0.4, -0.2) is 15.1 Å². The van der Waals surface area contributed by atoms with Crippen LogP contribution in [0.15, 0.2) is 34.8 Å². The molecule has 0 aliphatic heterocycles. The summed E-state index contributed by atoms with van der Waals surface area (Å²) < 4.78 is 6.52. The van der Waals surface area contributed by atoms with Crippen LogP contribution in [0.1, 0.15) is 17.0 Å². The largest absolute Gasteiger partial charge is 0.459 e. The van der Waals surface area contributed by atoms with Crippen LogP contribution in [0.5, 0.6) is 6.01 Å². The molecule has 1 aromatic carbocycles. The summed E-state index contributed by atoms with van der Waals surface area (Å²) in [5, 5.41) is 9.06. The molecule has 1 N–H and O–H groups in total. The Bertz CT molecular complexity index is 546. The van der Waals surface area contributed by atoms with Crippen molar-refractivity contribution in [3.05, 3.63) is 51.8 Å². The van der Waals surface area contributed by atoms with Gasteiger partial charge in [0, 0.05) is 10.2 Å². The summed E-state index contributed by atoms with van der Waals surface area (Å²) in [7, 11) is 0. The second kappa shape index (κ2) is 5.93. The molecule has 0 spiro atoms. The van der Waals surface area contributed by atoms with Gasteiger partial charge in [-0.05, 0) is 30.7 Å². The fraction of sp³-hybridized carbons (Fsp3) is 0.231. The fourth-order valence-electron chi connectivity index (χ4n) is 1.52. The third-order valence-electron chi connectivity index (χ3n) is 2.31. The molecule has 5 heteroatoms. The molecule has 0 bridgehead atoms. The number of nitrogens with zero attached hydrogens (tertiary/aromatic N) is 2. The summed E-state index contributed by atoms with van der Waals surface area (Å²) >= 11 is 3.40. The molecule has 18 heavy (non-hydrogen) atoms. The first kappa shape index (κ1) is 13.0. The third-order valence-corrected chi connectivity index (χ3v) is 2.80. The Morgan fingerprint density at radius 2 is 2.11 bits per heavy atom. The van der Waals surface area contributed by atoms with Crippen LogP contribution in [0.3, 0.4) is 0 Å². The van der Waals surface area contributed by atoms with Crippen LogP contribution in [0.25, 0.3) is 0 Å². The quantitative estimate of drug-likeness (QED) is 0.943. The highest BCUT2D eigenvalue weighted by molar-refractivity contribution is 9.10. The van der Waals surface area contributed by atoms with E-state index in [1.807, 2.05) is 31.2 Å². The molecule has 0 amide bonds. The van der Waals surface area contributed by atoms with Gasteiger partial charge in [0.15, 0.2) is 0 Å². The van der Waals surface area contributed by atoms with Crippen molar-refractivity contribution in [2.75, 3.05) is 0 Å². The SMILES string of the molecule is Cc1cc(CO)nc(OCc2cccc(Br)c2)n1. The molecule has 0 aliphatic carbocycles. The van der Waals surface area contributed by atoms with Crippen LogP contribution in [-0.2, 0) is 13.2 Å². The molecule has 94 valence electrons. The molecule has 2 rings (SSSR count). The van der Waals surface area contributed by atoms with Gasteiger partial charge in [0.2, 0.25) is 0 Å². The van der Waals surface area contributed by atoms with E-state index in [1.54, 1.807) is 6.07 Å². The van der Waals surface area contributed by atoms with Gasteiger partial charge in [-0.25, -0.2) is 4.98 Å². The lowest BCUT2D eigenvalue weighted by Gasteiger charge is -2.07. The zero-order valence-corrected chi connectivity index (χ0v) is 11.5. The van der Waals surface area contributed by atoms with E-state index in [0.717, 1.165) is 15.7 Å². The second-order valence-electron chi connectivity index (χ2n) is 3.86. The standard InChI is InChI=1S/C13H13BrN2O2/c1-9-5-12(7-17)16-13(15-9)18-8-10-3-2-4-11(14)6-10/h2-6,17H,7-8H2,1H3. The Balaban J connectivity index is 2.08. The summed E-state index contributed by atoms with van der Waals surface area (Å²) in [5.74, 6) is 0. The predicted octanol–water partition coefficient (Wildman–Crippen LogP) is 2.62. The normalized spacial score (nSPS) is 10.4. The number of aliphatic hydroxyl groups excluding tert-OH is 1. The van der Waals surface area contributed by atoms with Crippen molar-refractivity contribution in [3.63, 3.8) is 0 Å². The lowest BCUT2D eigenvalue weighted by molar-refractivity contribution is 0.259. The van der Waals surface area contributed by atoms with Gasteiger partial charge in [0.1, 0.15) is 6.61 Å². The Kier molecular flexibility index (Phi) is 4.28. The van der Waals surface area contributed by atoms with Crippen molar-refractivity contribution in [1.29, 1.82) is 0 Å². The van der Waals surface area contributed by atoms with Crippen molar-refractivity contribution in [2.45, 2.75) is 20.1 Å². The molecule has 0 unspecified atom stereocenters. The van der Waals surface area contributed by atoms with Crippen LogP contribution < -0.4 is 4.74 Å². The summed E-state index contributed by atoms with van der Waals surface area (Å²) in [5.41, 5.74) is 2.37. The molecule has 2 aromatic rings. The number of hydrogen-bond acceptors (Lipinski definition) is 4. The van der Waals surface area contributed by atoms with E-state index in [9.17, 15) is 0 Å². The second-order valence-corrected chi connectivity index (χ2v) is 4.78. The lowest BCUT2D eigenvalue weighted by Crippen LogP contribution is -2.03. The highest BCUT2D eigenvalue weighted by atomic mass is 79.9. The van der Waals surface area contributed by atoms with Gasteiger partial charge in [0.05, 0.1) is 12.3 Å². The molecule has 4 nitrogen and oxygen atoms in total. The number of hydrogen-bond donors (Lipinski definition) is 1. The Morgan fingerprint density at radius 3 is 2.83 bits per heavy atom. The van der Waals surface area contributed by atoms with Crippen molar-refractivity contribution >= 4 is 15.9 Å². The van der Waals surface area contributed by atoms with Gasteiger partial charge in [-0.15, -0.1) is 0 Å². The number of ether oxygens (including phenoxy) is 1. The minimum absolute atomic E-state index is 0.114. The first-order valence-corrected chi connectivity index (χ1v) is 6.29. The van der Waals surface area contributed by atoms with Gasteiger partial charge in [-0.1, -0.05) is 28.1 Å². The Hall–Kier alpha value is -1.46. The van der Waals surface area contributed by atoms with Gasteiger partial charge in [0.25, 0.3) is 0 Å². The maximum Gasteiger partial charge on any atom is 0.317 e. The van der Waals surface area contributed by atoms with E-state index >= 15 is 0 Å². The van der Waals surface area contributed by atoms with Crippen molar-refractivity contribution in [1.82, 2.24) is 9.97 Å². The highest BCUT2D eigenvalue weighted by Gasteiger charge is 2.03. The molecule has 0 aliphatic rings. The number of rotatable bonds is 4. The minimum atomic E-state index is -0.114. The monoisotopic (exact) mass is 308 g/mol. The first-order valence-electron chi connectivity index (χ1n) is 5.50. The van der Waals surface area contributed by atoms with Crippen molar-refractivity contribution in [2.24, 2.45) is 0 Å². The average Bonchev–Trinajstić information content (AvgIpc) is 2.36. The molecule has 0 saturated heterocycles. The number of aliphatic hydroxyl groups is 1. The van der Waals surface area contributed by atoms with Crippen LogP contribution in [0.4, 0.5) is 0 Å². The zero-order chi connectivity index (χ0) is 13.0. The van der Waals surface area contributed by atoms with E-state index in [1.165, 1.54) is 0 Å². The maximum atomic E-state index is 9.06. The molecule has 1 heterocycles.